The molecule has 0 aliphatic heterocycles. The van der Waals surface area contributed by atoms with Gasteiger partial charge in [-0.1, -0.05) is 76.3 Å². The normalized spacial score (nSPS) is 14.6. The van der Waals surface area contributed by atoms with E-state index in [2.05, 4.69) is 13.8 Å². The fourth-order valence-electron chi connectivity index (χ4n) is 4.46. The average molecular weight is 425 g/mol. The van der Waals surface area contributed by atoms with Crippen molar-refractivity contribution in [2.45, 2.75) is 82.4 Å². The van der Waals surface area contributed by atoms with Gasteiger partial charge in [0.05, 0.1) is 5.56 Å². The van der Waals surface area contributed by atoms with Crippen LogP contribution in [0.1, 0.15) is 102 Å². The summed E-state index contributed by atoms with van der Waals surface area (Å²) in [5.41, 5.74) is 4.28. The molecule has 0 unspecified atom stereocenters. The fourth-order valence-corrected chi connectivity index (χ4v) is 5.59. The Hall–Kier alpha value is -2.07. The van der Waals surface area contributed by atoms with Crippen molar-refractivity contribution < 1.29 is 14.7 Å². The summed E-state index contributed by atoms with van der Waals surface area (Å²) in [4.78, 5) is 26.1. The maximum atomic E-state index is 13.2. The molecule has 0 aromatic heterocycles. The van der Waals surface area contributed by atoms with E-state index in [1.807, 2.05) is 30.3 Å². The van der Waals surface area contributed by atoms with Gasteiger partial charge in [-0.15, -0.1) is 0 Å². The highest BCUT2D eigenvalue weighted by Gasteiger charge is 2.27. The minimum absolute atomic E-state index is 0.00463. The van der Waals surface area contributed by atoms with Crippen LogP contribution in [-0.4, -0.2) is 16.2 Å². The lowest BCUT2D eigenvalue weighted by Crippen LogP contribution is -2.14. The highest BCUT2D eigenvalue weighted by atomic mass is 32.2. The van der Waals surface area contributed by atoms with E-state index in [1.165, 1.54) is 23.7 Å². The summed E-state index contributed by atoms with van der Waals surface area (Å²) in [7, 11) is 0. The molecule has 3 rings (SSSR count). The van der Waals surface area contributed by atoms with Crippen LogP contribution in [0.25, 0.3) is 0 Å². The van der Waals surface area contributed by atoms with Gasteiger partial charge >= 0.3 is 5.97 Å². The molecule has 1 aliphatic rings. The quantitative estimate of drug-likeness (QED) is 0.453. The van der Waals surface area contributed by atoms with Crippen molar-refractivity contribution in [3.05, 3.63) is 64.2 Å². The summed E-state index contributed by atoms with van der Waals surface area (Å²) < 4.78 is 0. The van der Waals surface area contributed by atoms with E-state index in [-0.39, 0.29) is 11.0 Å². The number of rotatable bonds is 8. The second-order valence-electron chi connectivity index (χ2n) is 8.24. The zero-order valence-electron chi connectivity index (χ0n) is 18.1. The van der Waals surface area contributed by atoms with E-state index >= 15 is 0 Å². The molecule has 0 atom stereocenters. The van der Waals surface area contributed by atoms with Crippen LogP contribution in [0, 0.1) is 0 Å². The maximum absolute atomic E-state index is 13.2. The molecule has 30 heavy (non-hydrogen) atoms. The molecule has 1 fully saturated rings. The van der Waals surface area contributed by atoms with Gasteiger partial charge in [0, 0.05) is 10.5 Å². The standard InChI is InChI=1S/C26H32O3S/c1-3-8-18-12-14-21(15-13-18)26(29)30-24-20(9-4-2)16-17-22(25(27)28)23(24)19-10-6-5-7-11-19/h12-17,19H,3-11H2,1-2H3,(H,27,28). The van der Waals surface area contributed by atoms with Crippen LogP contribution >= 0.6 is 11.8 Å². The third kappa shape index (κ3) is 5.34. The number of benzene rings is 2. The number of carbonyl (C=O) groups excluding carboxylic acids is 1. The number of aryl methyl sites for hydroxylation is 2. The van der Waals surface area contributed by atoms with Gasteiger partial charge < -0.3 is 5.11 Å². The first-order valence-corrected chi connectivity index (χ1v) is 12.1. The van der Waals surface area contributed by atoms with Gasteiger partial charge in [0.15, 0.2) is 0 Å². The Kier molecular flexibility index (Phi) is 8.15. The van der Waals surface area contributed by atoms with E-state index in [0.29, 0.717) is 11.1 Å². The topological polar surface area (TPSA) is 54.4 Å². The molecule has 0 spiro atoms. The molecule has 0 amide bonds. The number of carboxylic acid groups (broad SMARTS) is 1. The number of carbonyl (C=O) groups is 2. The van der Waals surface area contributed by atoms with Crippen molar-refractivity contribution in [1.82, 2.24) is 0 Å². The molecule has 0 radical (unpaired) electrons. The first-order valence-electron chi connectivity index (χ1n) is 11.2. The number of aromatic carboxylic acids is 1. The minimum atomic E-state index is -0.892. The Balaban J connectivity index is 2.00. The third-order valence-corrected chi connectivity index (χ3v) is 7.07. The molecule has 1 aliphatic carbocycles. The van der Waals surface area contributed by atoms with E-state index < -0.39 is 5.97 Å². The largest absolute Gasteiger partial charge is 0.478 e. The molecular weight excluding hydrogens is 392 g/mol. The molecule has 2 aromatic carbocycles. The summed E-state index contributed by atoms with van der Waals surface area (Å²) in [5, 5.41) is 9.87. The van der Waals surface area contributed by atoms with E-state index in [9.17, 15) is 14.7 Å². The van der Waals surface area contributed by atoms with Crippen molar-refractivity contribution in [2.75, 3.05) is 0 Å². The Morgan fingerprint density at radius 3 is 2.20 bits per heavy atom. The monoisotopic (exact) mass is 424 g/mol. The van der Waals surface area contributed by atoms with E-state index in [1.54, 1.807) is 6.07 Å². The molecule has 1 N–H and O–H groups in total. The first-order chi connectivity index (χ1) is 14.5. The second-order valence-corrected chi connectivity index (χ2v) is 9.22. The summed E-state index contributed by atoms with van der Waals surface area (Å²) in [6.45, 7) is 4.26. The van der Waals surface area contributed by atoms with Gasteiger partial charge in [-0.25, -0.2) is 4.79 Å². The maximum Gasteiger partial charge on any atom is 0.336 e. The van der Waals surface area contributed by atoms with Crippen LogP contribution in [0.4, 0.5) is 0 Å². The summed E-state index contributed by atoms with van der Waals surface area (Å²) >= 11 is 1.23. The summed E-state index contributed by atoms with van der Waals surface area (Å²) in [6, 6.07) is 11.5. The lowest BCUT2D eigenvalue weighted by molar-refractivity contribution is 0.0694. The van der Waals surface area contributed by atoms with Gasteiger partial charge in [-0.2, -0.15) is 0 Å². The van der Waals surface area contributed by atoms with Crippen molar-refractivity contribution in [3.8, 4) is 0 Å². The van der Waals surface area contributed by atoms with Gasteiger partial charge in [0.25, 0.3) is 0 Å². The smallest absolute Gasteiger partial charge is 0.336 e. The highest BCUT2D eigenvalue weighted by molar-refractivity contribution is 8.14. The predicted octanol–water partition coefficient (Wildman–Crippen LogP) is 7.27. The van der Waals surface area contributed by atoms with Crippen LogP contribution < -0.4 is 0 Å². The molecule has 160 valence electrons. The van der Waals surface area contributed by atoms with E-state index in [4.69, 9.17) is 0 Å². The Morgan fingerprint density at radius 2 is 1.60 bits per heavy atom. The Morgan fingerprint density at radius 1 is 0.933 bits per heavy atom. The molecule has 1 saturated carbocycles. The molecular formula is C26H32O3S. The molecule has 0 heterocycles. The molecule has 3 nitrogen and oxygen atoms in total. The lowest BCUT2D eigenvalue weighted by Gasteiger charge is -2.27. The van der Waals surface area contributed by atoms with Gasteiger partial charge in [-0.05, 0) is 66.1 Å². The van der Waals surface area contributed by atoms with Crippen molar-refractivity contribution in [3.63, 3.8) is 0 Å². The average Bonchev–Trinajstić information content (AvgIpc) is 2.76. The third-order valence-electron chi connectivity index (χ3n) is 5.96. The SMILES string of the molecule is CCCc1ccc(C(=O)Sc2c(CCC)ccc(C(=O)O)c2C2CCCCC2)cc1. The number of hydrogen-bond acceptors (Lipinski definition) is 3. The zero-order valence-corrected chi connectivity index (χ0v) is 18.9. The minimum Gasteiger partial charge on any atom is -0.478 e. The van der Waals surface area contributed by atoms with Crippen molar-refractivity contribution >= 4 is 22.8 Å². The van der Waals surface area contributed by atoms with Crippen LogP contribution in [0.2, 0.25) is 0 Å². The van der Waals surface area contributed by atoms with Crippen molar-refractivity contribution in [1.29, 1.82) is 0 Å². The fraction of sp³-hybridized carbons (Fsp3) is 0.462. The Bertz CT molecular complexity index is 880. The molecule has 0 saturated heterocycles. The molecule has 2 aromatic rings. The van der Waals surface area contributed by atoms with E-state index in [0.717, 1.165) is 67.4 Å². The zero-order chi connectivity index (χ0) is 21.5. The lowest BCUT2D eigenvalue weighted by atomic mass is 9.81. The summed E-state index contributed by atoms with van der Waals surface area (Å²) in [6.07, 6.45) is 9.36. The predicted molar refractivity (Wildman–Crippen MR) is 124 cm³/mol. The summed E-state index contributed by atoms with van der Waals surface area (Å²) in [5.74, 6) is -0.666. The van der Waals surface area contributed by atoms with Gasteiger partial charge in [0.1, 0.15) is 0 Å². The van der Waals surface area contributed by atoms with Crippen LogP contribution in [-0.2, 0) is 12.8 Å². The van der Waals surface area contributed by atoms with Gasteiger partial charge in [-0.3, -0.25) is 4.79 Å². The Labute approximate surface area is 184 Å². The molecule has 4 heteroatoms. The van der Waals surface area contributed by atoms with Gasteiger partial charge in [0.2, 0.25) is 5.12 Å². The number of hydrogen-bond donors (Lipinski definition) is 1. The number of thioether (sulfide) groups is 1. The highest BCUT2D eigenvalue weighted by Crippen LogP contribution is 2.42. The van der Waals surface area contributed by atoms with Crippen LogP contribution in [0.15, 0.2) is 41.3 Å². The number of carboxylic acids is 1. The second kappa shape index (κ2) is 10.8. The van der Waals surface area contributed by atoms with Crippen LogP contribution in [0.5, 0.6) is 0 Å². The molecule has 0 bridgehead atoms. The van der Waals surface area contributed by atoms with Crippen LogP contribution in [0.3, 0.4) is 0 Å². The van der Waals surface area contributed by atoms with Crippen molar-refractivity contribution in [2.24, 2.45) is 0 Å². The first kappa shape index (κ1) is 22.6.